The monoisotopic (exact) mass is 483 g/mol. The van der Waals surface area contributed by atoms with Crippen molar-refractivity contribution in [3.63, 3.8) is 0 Å². The first-order chi connectivity index (χ1) is 16.4. The predicted molar refractivity (Wildman–Crippen MR) is 129 cm³/mol. The minimum Gasteiger partial charge on any atom is -0.486 e. The van der Waals surface area contributed by atoms with Gasteiger partial charge in [0.05, 0.1) is 25.0 Å². The standard InChI is InChI=1S/C28H37NO6/c1-17(24(31)33-5)23(18-6-7-18)19-8-9-20-21(30)13-28(34-22(20)12-19)14-27(15-28)10-11-29(16-27)25(32)35-26(2,3)4/h8-9,12,17-18,23H,6-7,10-11,13-16H2,1-5H3/t17-,23-,27?,28?/m0/s1. The van der Waals surface area contributed by atoms with Gasteiger partial charge in [0.2, 0.25) is 0 Å². The molecule has 1 aromatic carbocycles. The van der Waals surface area contributed by atoms with E-state index in [1.165, 1.54) is 7.11 Å². The number of ketones is 1. The highest BCUT2D eigenvalue weighted by molar-refractivity contribution is 6.00. The van der Waals surface area contributed by atoms with Gasteiger partial charge in [0, 0.05) is 13.1 Å². The molecule has 0 aromatic heterocycles. The van der Waals surface area contributed by atoms with Crippen molar-refractivity contribution < 1.29 is 28.6 Å². The maximum absolute atomic E-state index is 13.1. The third-order valence-corrected chi connectivity index (χ3v) is 8.23. The number of carbonyl (C=O) groups excluding carboxylic acids is 3. The fourth-order valence-electron chi connectivity index (χ4n) is 6.69. The van der Waals surface area contributed by atoms with E-state index in [0.29, 0.717) is 36.7 Å². The van der Waals surface area contributed by atoms with E-state index in [2.05, 4.69) is 0 Å². The molecular formula is C28H37NO6. The van der Waals surface area contributed by atoms with Crippen molar-refractivity contribution in [2.45, 2.75) is 83.3 Å². The van der Waals surface area contributed by atoms with Crippen LogP contribution in [0.5, 0.6) is 5.75 Å². The van der Waals surface area contributed by atoms with Crippen LogP contribution in [-0.2, 0) is 14.3 Å². The SMILES string of the molecule is COC(=O)[C@@H](C)[C@H](c1ccc2c(c1)OC1(CC2=O)CC2(CCN(C(=O)OC(C)(C)C)C2)C1)C1CC1. The number of hydrogen-bond donors (Lipinski definition) is 0. The summed E-state index contributed by atoms with van der Waals surface area (Å²) >= 11 is 0. The van der Waals surface area contributed by atoms with E-state index >= 15 is 0 Å². The van der Waals surface area contributed by atoms with Crippen molar-refractivity contribution in [1.82, 2.24) is 4.90 Å². The van der Waals surface area contributed by atoms with Gasteiger partial charge in [0.25, 0.3) is 0 Å². The van der Waals surface area contributed by atoms with E-state index in [-0.39, 0.29) is 35.1 Å². The van der Waals surface area contributed by atoms with Gasteiger partial charge in [-0.3, -0.25) is 9.59 Å². The number of rotatable bonds is 4. The molecule has 2 saturated carbocycles. The van der Waals surface area contributed by atoms with Crippen LogP contribution in [0.4, 0.5) is 4.79 Å². The number of amides is 1. The number of Topliss-reactive ketones (excluding diaryl/α,β-unsaturated/α-hetero) is 1. The summed E-state index contributed by atoms with van der Waals surface area (Å²) in [6, 6.07) is 5.84. The van der Waals surface area contributed by atoms with Gasteiger partial charge in [-0.05, 0) is 87.8 Å². The average molecular weight is 484 g/mol. The topological polar surface area (TPSA) is 82.1 Å². The van der Waals surface area contributed by atoms with Crippen LogP contribution in [0, 0.1) is 17.3 Å². The van der Waals surface area contributed by atoms with Gasteiger partial charge in [-0.15, -0.1) is 0 Å². The first-order valence-corrected chi connectivity index (χ1v) is 12.9. The molecule has 35 heavy (non-hydrogen) atoms. The molecule has 4 aliphatic rings. The molecule has 2 heterocycles. The lowest BCUT2D eigenvalue weighted by Crippen LogP contribution is -2.59. The molecule has 0 N–H and O–H groups in total. The van der Waals surface area contributed by atoms with Gasteiger partial charge in [0.1, 0.15) is 17.0 Å². The second kappa shape index (κ2) is 8.24. The molecule has 0 bridgehead atoms. The molecule has 2 aliphatic heterocycles. The van der Waals surface area contributed by atoms with Crippen LogP contribution in [0.1, 0.15) is 88.1 Å². The van der Waals surface area contributed by atoms with Crippen molar-refractivity contribution in [1.29, 1.82) is 0 Å². The number of methoxy groups -OCH3 is 1. The Balaban J connectivity index is 1.31. The van der Waals surface area contributed by atoms with E-state index in [9.17, 15) is 14.4 Å². The number of nitrogens with zero attached hydrogens (tertiary/aromatic N) is 1. The Morgan fingerprint density at radius 3 is 2.54 bits per heavy atom. The number of likely N-dealkylation sites (tertiary alicyclic amines) is 1. The Morgan fingerprint density at radius 2 is 1.91 bits per heavy atom. The fourth-order valence-corrected chi connectivity index (χ4v) is 6.69. The summed E-state index contributed by atoms with van der Waals surface area (Å²) < 4.78 is 17.2. The van der Waals surface area contributed by atoms with E-state index in [1.807, 2.05) is 45.9 Å². The normalized spacial score (nSPS) is 29.3. The second-order valence-electron chi connectivity index (χ2n) is 12.3. The van der Waals surface area contributed by atoms with Crippen LogP contribution in [0.2, 0.25) is 0 Å². The van der Waals surface area contributed by atoms with E-state index in [4.69, 9.17) is 14.2 Å². The zero-order valence-electron chi connectivity index (χ0n) is 21.5. The van der Waals surface area contributed by atoms with E-state index < -0.39 is 11.2 Å². The molecule has 7 nitrogen and oxygen atoms in total. The summed E-state index contributed by atoms with van der Waals surface area (Å²) in [7, 11) is 1.43. The summed E-state index contributed by atoms with van der Waals surface area (Å²) in [4.78, 5) is 39.8. The van der Waals surface area contributed by atoms with Gasteiger partial charge >= 0.3 is 12.1 Å². The fraction of sp³-hybridized carbons (Fsp3) is 0.679. The molecule has 0 radical (unpaired) electrons. The van der Waals surface area contributed by atoms with Crippen LogP contribution in [0.3, 0.4) is 0 Å². The largest absolute Gasteiger partial charge is 0.486 e. The molecule has 7 heteroatoms. The molecule has 1 aromatic rings. The molecule has 3 fully saturated rings. The first kappa shape index (κ1) is 24.1. The number of esters is 1. The molecule has 2 atom stereocenters. The van der Waals surface area contributed by atoms with E-state index in [0.717, 1.165) is 37.7 Å². The van der Waals surface area contributed by atoms with Gasteiger partial charge in [-0.2, -0.15) is 0 Å². The van der Waals surface area contributed by atoms with Crippen molar-refractivity contribution in [2.75, 3.05) is 20.2 Å². The first-order valence-electron chi connectivity index (χ1n) is 12.9. The number of carbonyl (C=O) groups is 3. The predicted octanol–water partition coefficient (Wildman–Crippen LogP) is 5.11. The van der Waals surface area contributed by atoms with Crippen molar-refractivity contribution >= 4 is 17.8 Å². The number of fused-ring (bicyclic) bond motifs is 1. The summed E-state index contributed by atoms with van der Waals surface area (Å²) in [5.41, 5.74) is 0.637. The second-order valence-corrected chi connectivity index (χ2v) is 12.3. The van der Waals surface area contributed by atoms with Crippen LogP contribution in [-0.4, -0.2) is 54.1 Å². The maximum Gasteiger partial charge on any atom is 0.410 e. The van der Waals surface area contributed by atoms with Crippen LogP contribution in [0.25, 0.3) is 0 Å². The van der Waals surface area contributed by atoms with E-state index in [1.54, 1.807) is 4.90 Å². The Labute approximate surface area is 207 Å². The molecular weight excluding hydrogens is 446 g/mol. The quantitative estimate of drug-likeness (QED) is 0.553. The highest BCUT2D eigenvalue weighted by atomic mass is 16.6. The van der Waals surface area contributed by atoms with Crippen LogP contribution >= 0.6 is 0 Å². The molecule has 1 saturated heterocycles. The van der Waals surface area contributed by atoms with Crippen LogP contribution in [0.15, 0.2) is 18.2 Å². The maximum atomic E-state index is 13.1. The third kappa shape index (κ3) is 4.54. The zero-order chi connectivity index (χ0) is 25.2. The molecule has 2 spiro atoms. The highest BCUT2D eigenvalue weighted by Gasteiger charge is 2.61. The summed E-state index contributed by atoms with van der Waals surface area (Å²) in [5.74, 6) is 0.818. The van der Waals surface area contributed by atoms with Gasteiger partial charge < -0.3 is 19.1 Å². The minimum atomic E-state index is -0.516. The zero-order valence-corrected chi connectivity index (χ0v) is 21.5. The third-order valence-electron chi connectivity index (χ3n) is 8.23. The lowest BCUT2D eigenvalue weighted by atomic mass is 9.56. The Bertz CT molecular complexity index is 1050. The van der Waals surface area contributed by atoms with Gasteiger partial charge in [-0.1, -0.05) is 13.0 Å². The molecule has 5 rings (SSSR count). The summed E-state index contributed by atoms with van der Waals surface area (Å²) in [6.45, 7) is 8.88. The number of ether oxygens (including phenoxy) is 3. The van der Waals surface area contributed by atoms with Crippen molar-refractivity contribution in [3.05, 3.63) is 29.3 Å². The summed E-state index contributed by atoms with van der Waals surface area (Å²) in [5, 5.41) is 0. The molecule has 2 aliphatic carbocycles. The molecule has 190 valence electrons. The van der Waals surface area contributed by atoms with Crippen molar-refractivity contribution in [3.8, 4) is 5.75 Å². The Kier molecular flexibility index (Phi) is 5.68. The number of hydrogen-bond acceptors (Lipinski definition) is 6. The smallest absolute Gasteiger partial charge is 0.410 e. The summed E-state index contributed by atoms with van der Waals surface area (Å²) in [6.07, 6.45) is 4.74. The Morgan fingerprint density at radius 1 is 1.20 bits per heavy atom. The lowest BCUT2D eigenvalue weighted by molar-refractivity contribution is -0.145. The number of benzene rings is 1. The van der Waals surface area contributed by atoms with Crippen molar-refractivity contribution in [2.24, 2.45) is 17.3 Å². The highest BCUT2D eigenvalue weighted by Crippen LogP contribution is 2.59. The van der Waals surface area contributed by atoms with Crippen LogP contribution < -0.4 is 4.74 Å². The minimum absolute atomic E-state index is 0.0117. The molecule has 0 unspecified atom stereocenters. The average Bonchev–Trinajstić information content (AvgIpc) is 3.49. The van der Waals surface area contributed by atoms with Gasteiger partial charge in [-0.25, -0.2) is 4.79 Å². The van der Waals surface area contributed by atoms with Gasteiger partial charge in [0.15, 0.2) is 5.78 Å². The Hall–Kier alpha value is -2.57. The molecule has 1 amide bonds. The lowest BCUT2D eigenvalue weighted by Gasteiger charge is -2.55.